The maximum atomic E-state index is 5.82. The lowest BCUT2D eigenvalue weighted by Gasteiger charge is -2.21. The molecule has 0 fully saturated rings. The minimum absolute atomic E-state index is 0.00818. The van der Waals surface area contributed by atoms with Crippen molar-refractivity contribution in [3.05, 3.63) is 79.1 Å². The van der Waals surface area contributed by atoms with Crippen LogP contribution in [0.15, 0.2) is 73.4 Å². The van der Waals surface area contributed by atoms with Gasteiger partial charge in [-0.05, 0) is 31.2 Å². The predicted molar refractivity (Wildman–Crippen MR) is 110 cm³/mol. The summed E-state index contributed by atoms with van der Waals surface area (Å²) < 4.78 is 13.7. The average molecular weight is 384 g/mol. The molecule has 0 aliphatic carbocycles. The lowest BCUT2D eigenvalue weighted by Crippen LogP contribution is -2.15. The van der Waals surface area contributed by atoms with E-state index in [1.807, 2.05) is 42.7 Å². The second-order valence-corrected chi connectivity index (χ2v) is 6.88. The van der Waals surface area contributed by atoms with E-state index in [4.69, 9.17) is 14.5 Å². The molecule has 0 amide bonds. The molecular weight excluding hydrogens is 364 g/mol. The fraction of sp³-hybridized carbons (Fsp3) is 0.174. The van der Waals surface area contributed by atoms with Gasteiger partial charge in [0, 0.05) is 17.3 Å². The van der Waals surface area contributed by atoms with Gasteiger partial charge in [-0.3, -0.25) is 0 Å². The molecule has 1 atom stereocenters. The molecule has 0 saturated heterocycles. The summed E-state index contributed by atoms with van der Waals surface area (Å²) in [5, 5.41) is 0. The van der Waals surface area contributed by atoms with Crippen molar-refractivity contribution >= 4 is 0 Å². The van der Waals surface area contributed by atoms with Crippen molar-refractivity contribution in [3.63, 3.8) is 0 Å². The fourth-order valence-corrected chi connectivity index (χ4v) is 3.63. The molecule has 2 aromatic carbocycles. The van der Waals surface area contributed by atoms with Crippen molar-refractivity contribution in [1.82, 2.24) is 19.5 Å². The number of ether oxygens (including phenoxy) is 2. The largest absolute Gasteiger partial charge is 0.486 e. The molecule has 0 saturated carbocycles. The number of hydrogen-bond donors (Lipinski definition) is 0. The van der Waals surface area contributed by atoms with Crippen LogP contribution >= 0.6 is 0 Å². The van der Waals surface area contributed by atoms with Gasteiger partial charge in [-0.15, -0.1) is 0 Å². The van der Waals surface area contributed by atoms with E-state index in [0.29, 0.717) is 13.2 Å². The Kier molecular flexibility index (Phi) is 4.44. The second kappa shape index (κ2) is 7.39. The number of fused-ring (bicyclic) bond motifs is 1. The van der Waals surface area contributed by atoms with Gasteiger partial charge >= 0.3 is 0 Å². The zero-order chi connectivity index (χ0) is 19.6. The molecule has 1 aliphatic rings. The first-order valence-electron chi connectivity index (χ1n) is 9.59. The van der Waals surface area contributed by atoms with Crippen LogP contribution in [0.2, 0.25) is 0 Å². The van der Waals surface area contributed by atoms with Crippen LogP contribution in [0.5, 0.6) is 11.5 Å². The Morgan fingerprint density at radius 2 is 1.72 bits per heavy atom. The number of imidazole rings is 1. The van der Waals surface area contributed by atoms with E-state index in [1.54, 1.807) is 12.5 Å². The summed E-state index contributed by atoms with van der Waals surface area (Å²) >= 11 is 0. The van der Waals surface area contributed by atoms with Crippen molar-refractivity contribution in [1.29, 1.82) is 0 Å². The number of benzene rings is 2. The summed E-state index contributed by atoms with van der Waals surface area (Å²) in [6.45, 7) is 3.24. The summed E-state index contributed by atoms with van der Waals surface area (Å²) in [6.07, 6.45) is 5.21. The lowest BCUT2D eigenvalue weighted by molar-refractivity contribution is 0.171. The Hall–Kier alpha value is -3.67. The van der Waals surface area contributed by atoms with Gasteiger partial charge in [0.15, 0.2) is 11.5 Å². The molecule has 6 nitrogen and oxygen atoms in total. The monoisotopic (exact) mass is 384 g/mol. The SMILES string of the molecule is C[C@@H](c1ccncn1)n1cnc(-c2ccccc2)c1-c1ccc2c(c1)OCCO2. The molecule has 3 heterocycles. The van der Waals surface area contributed by atoms with Crippen LogP contribution in [0.25, 0.3) is 22.5 Å². The van der Waals surface area contributed by atoms with Crippen LogP contribution < -0.4 is 9.47 Å². The van der Waals surface area contributed by atoms with Crippen LogP contribution in [-0.2, 0) is 0 Å². The van der Waals surface area contributed by atoms with Crippen molar-refractivity contribution in [3.8, 4) is 34.0 Å². The van der Waals surface area contributed by atoms with E-state index in [1.165, 1.54) is 0 Å². The van der Waals surface area contributed by atoms with Crippen LogP contribution in [0.4, 0.5) is 0 Å². The van der Waals surface area contributed by atoms with Crippen molar-refractivity contribution < 1.29 is 9.47 Å². The molecule has 1 aliphatic heterocycles. The van der Waals surface area contributed by atoms with Crippen LogP contribution in [0.1, 0.15) is 18.7 Å². The fourth-order valence-electron chi connectivity index (χ4n) is 3.63. The van der Waals surface area contributed by atoms with E-state index in [2.05, 4.69) is 39.7 Å². The van der Waals surface area contributed by atoms with Gasteiger partial charge < -0.3 is 14.0 Å². The quantitative estimate of drug-likeness (QED) is 0.522. The molecule has 0 unspecified atom stereocenters. The summed E-state index contributed by atoms with van der Waals surface area (Å²) in [4.78, 5) is 13.2. The average Bonchev–Trinajstić information content (AvgIpc) is 3.24. The first-order valence-corrected chi connectivity index (χ1v) is 9.59. The highest BCUT2D eigenvalue weighted by Crippen LogP contribution is 2.39. The molecule has 144 valence electrons. The van der Waals surface area contributed by atoms with E-state index in [9.17, 15) is 0 Å². The first kappa shape index (κ1) is 17.4. The smallest absolute Gasteiger partial charge is 0.162 e. The minimum atomic E-state index is -0.00818. The topological polar surface area (TPSA) is 62.1 Å². The maximum absolute atomic E-state index is 5.82. The Balaban J connectivity index is 1.68. The maximum Gasteiger partial charge on any atom is 0.162 e. The third-order valence-electron chi connectivity index (χ3n) is 5.11. The van der Waals surface area contributed by atoms with E-state index in [-0.39, 0.29) is 6.04 Å². The standard InChI is InChI=1S/C23H20N4O2/c1-16(19-9-10-24-14-25-19)27-15-26-22(17-5-3-2-4-6-17)23(27)18-7-8-20-21(13-18)29-12-11-28-20/h2-10,13-16H,11-12H2,1H3/t16-/m0/s1. The predicted octanol–water partition coefficient (Wildman–Crippen LogP) is 4.39. The third kappa shape index (κ3) is 3.23. The van der Waals surface area contributed by atoms with Gasteiger partial charge in [0.25, 0.3) is 0 Å². The van der Waals surface area contributed by atoms with Crippen molar-refractivity contribution in [2.75, 3.05) is 13.2 Å². The normalized spacial score (nSPS) is 13.8. The summed E-state index contributed by atoms with van der Waals surface area (Å²) in [6, 6.07) is 18.2. The zero-order valence-electron chi connectivity index (χ0n) is 16.0. The zero-order valence-corrected chi connectivity index (χ0v) is 16.0. The Bertz CT molecular complexity index is 1130. The molecule has 4 aromatic rings. The van der Waals surface area contributed by atoms with E-state index < -0.39 is 0 Å². The molecular formula is C23H20N4O2. The second-order valence-electron chi connectivity index (χ2n) is 6.88. The Morgan fingerprint density at radius 1 is 0.897 bits per heavy atom. The van der Waals surface area contributed by atoms with Gasteiger partial charge in [-0.25, -0.2) is 15.0 Å². The van der Waals surface area contributed by atoms with E-state index in [0.717, 1.165) is 39.7 Å². The molecule has 0 bridgehead atoms. The Morgan fingerprint density at radius 3 is 2.52 bits per heavy atom. The van der Waals surface area contributed by atoms with Crippen LogP contribution in [0, 0.1) is 0 Å². The van der Waals surface area contributed by atoms with Gasteiger partial charge in [0.2, 0.25) is 0 Å². The van der Waals surface area contributed by atoms with Crippen molar-refractivity contribution in [2.24, 2.45) is 0 Å². The molecule has 0 radical (unpaired) electrons. The highest BCUT2D eigenvalue weighted by Gasteiger charge is 2.22. The number of hydrogen-bond acceptors (Lipinski definition) is 5. The first-order chi connectivity index (χ1) is 14.3. The van der Waals surface area contributed by atoms with Gasteiger partial charge in [0.1, 0.15) is 19.5 Å². The summed E-state index contributed by atoms with van der Waals surface area (Å²) in [5.41, 5.74) is 4.94. The van der Waals surface area contributed by atoms with Gasteiger partial charge in [0.05, 0.1) is 29.5 Å². The van der Waals surface area contributed by atoms with Gasteiger partial charge in [-0.1, -0.05) is 30.3 Å². The Labute approximate surface area is 168 Å². The highest BCUT2D eigenvalue weighted by molar-refractivity contribution is 5.80. The highest BCUT2D eigenvalue weighted by atomic mass is 16.6. The summed E-state index contributed by atoms with van der Waals surface area (Å²) in [5.74, 6) is 1.53. The summed E-state index contributed by atoms with van der Waals surface area (Å²) in [7, 11) is 0. The number of rotatable bonds is 4. The third-order valence-corrected chi connectivity index (χ3v) is 5.11. The molecule has 29 heavy (non-hydrogen) atoms. The minimum Gasteiger partial charge on any atom is -0.486 e. The number of nitrogens with zero attached hydrogens (tertiary/aromatic N) is 4. The van der Waals surface area contributed by atoms with Crippen molar-refractivity contribution in [2.45, 2.75) is 13.0 Å². The van der Waals surface area contributed by atoms with Crippen LogP contribution in [-0.4, -0.2) is 32.7 Å². The molecule has 2 aromatic heterocycles. The molecule has 6 heteroatoms. The molecule has 5 rings (SSSR count). The lowest BCUT2D eigenvalue weighted by atomic mass is 10.0. The van der Waals surface area contributed by atoms with Gasteiger partial charge in [-0.2, -0.15) is 0 Å². The molecule has 0 N–H and O–H groups in total. The van der Waals surface area contributed by atoms with Crippen LogP contribution in [0.3, 0.4) is 0 Å². The van der Waals surface area contributed by atoms with E-state index >= 15 is 0 Å². The molecule has 0 spiro atoms. The number of aromatic nitrogens is 4.